The lowest BCUT2D eigenvalue weighted by Crippen LogP contribution is -2.37. The second kappa shape index (κ2) is 7.20. The Hall–Kier alpha value is -3.41. The number of nitrogen functional groups attached to an aromatic ring is 1. The van der Waals surface area contributed by atoms with Crippen LogP contribution in [0.3, 0.4) is 0 Å². The van der Waals surface area contributed by atoms with Gasteiger partial charge in [0.25, 0.3) is 5.56 Å². The zero-order valence-electron chi connectivity index (χ0n) is 16.2. The van der Waals surface area contributed by atoms with E-state index in [2.05, 4.69) is 9.97 Å². The highest BCUT2D eigenvalue weighted by atomic mass is 32.2. The number of carbonyl (C=O) groups is 2. The van der Waals surface area contributed by atoms with Crippen LogP contribution in [-0.4, -0.2) is 51.5 Å². The molecule has 0 aliphatic carbocycles. The van der Waals surface area contributed by atoms with Gasteiger partial charge >= 0.3 is 17.6 Å². The van der Waals surface area contributed by atoms with Crippen LogP contribution in [0.1, 0.15) is 20.8 Å². The van der Waals surface area contributed by atoms with E-state index in [1.54, 1.807) is 6.26 Å². The van der Waals surface area contributed by atoms with E-state index in [0.717, 1.165) is 18.8 Å². The topological polar surface area (TPSA) is 148 Å². The predicted molar refractivity (Wildman–Crippen MR) is 106 cm³/mol. The molecule has 3 rings (SSSR count). The van der Waals surface area contributed by atoms with E-state index in [1.807, 2.05) is 0 Å². The number of aromatic nitrogens is 4. The third-order valence-electron chi connectivity index (χ3n) is 4.49. The molecule has 3 aromatic rings. The van der Waals surface area contributed by atoms with Crippen molar-refractivity contribution in [3.8, 4) is 0 Å². The first kappa shape index (κ1) is 20.3. The molecule has 0 aliphatic heterocycles. The van der Waals surface area contributed by atoms with E-state index in [-0.39, 0.29) is 33.2 Å². The van der Waals surface area contributed by atoms with E-state index in [1.165, 1.54) is 30.4 Å². The van der Waals surface area contributed by atoms with Gasteiger partial charge < -0.3 is 15.2 Å². The van der Waals surface area contributed by atoms with Gasteiger partial charge in [-0.1, -0.05) is 0 Å². The molecule has 0 atom stereocenters. The Morgan fingerprint density at radius 3 is 2.17 bits per heavy atom. The number of carbonyl (C=O) groups excluding carboxylic acids is 2. The summed E-state index contributed by atoms with van der Waals surface area (Å²) in [5, 5.41) is 0.506. The summed E-state index contributed by atoms with van der Waals surface area (Å²) in [7, 11) is 5.02. The molecule has 3 heterocycles. The smallest absolute Gasteiger partial charge is 0.357 e. The fraction of sp³-hybridized carbons (Fsp3) is 0.294. The molecule has 0 bridgehead atoms. The highest BCUT2D eigenvalue weighted by Gasteiger charge is 2.29. The molecule has 152 valence electrons. The Bertz CT molecular complexity index is 1330. The number of hydrogen-bond donors (Lipinski definition) is 1. The summed E-state index contributed by atoms with van der Waals surface area (Å²) < 4.78 is 11.5. The number of thioether (sulfide) groups is 1. The molecule has 0 amide bonds. The molecule has 0 saturated heterocycles. The molecule has 2 N–H and O–H groups in total. The predicted octanol–water partition coefficient (Wildman–Crippen LogP) is 0.0577. The van der Waals surface area contributed by atoms with E-state index in [4.69, 9.17) is 15.2 Å². The third-order valence-corrected chi connectivity index (χ3v) is 5.17. The van der Waals surface area contributed by atoms with Crippen molar-refractivity contribution in [1.29, 1.82) is 0 Å². The number of methoxy groups -OCH3 is 2. The number of hydrogen-bond acceptors (Lipinski definition) is 10. The summed E-state index contributed by atoms with van der Waals surface area (Å²) >= 11 is 1.18. The van der Waals surface area contributed by atoms with Gasteiger partial charge in [0.15, 0.2) is 11.3 Å². The second-order valence-corrected chi connectivity index (χ2v) is 6.78. The zero-order chi connectivity index (χ0) is 21.6. The van der Waals surface area contributed by atoms with Crippen LogP contribution in [0.2, 0.25) is 0 Å². The second-order valence-electron chi connectivity index (χ2n) is 5.98. The summed E-state index contributed by atoms with van der Waals surface area (Å²) in [5.74, 6) is -1.82. The molecule has 3 aromatic heterocycles. The lowest BCUT2D eigenvalue weighted by molar-refractivity contribution is 0.0551. The van der Waals surface area contributed by atoms with E-state index in [0.29, 0.717) is 5.03 Å². The van der Waals surface area contributed by atoms with Crippen LogP contribution in [0, 0.1) is 0 Å². The van der Waals surface area contributed by atoms with Crippen LogP contribution in [0.4, 0.5) is 5.69 Å². The van der Waals surface area contributed by atoms with Crippen molar-refractivity contribution in [2.24, 2.45) is 14.1 Å². The molecule has 0 unspecified atom stereocenters. The number of ether oxygens (including phenoxy) is 2. The van der Waals surface area contributed by atoms with Crippen LogP contribution in [0.15, 0.2) is 14.6 Å². The average molecular weight is 419 g/mol. The summed E-state index contributed by atoms with van der Waals surface area (Å²) in [5.41, 5.74) is 4.28. The van der Waals surface area contributed by atoms with Crippen molar-refractivity contribution >= 4 is 51.3 Å². The van der Waals surface area contributed by atoms with E-state index >= 15 is 0 Å². The minimum Gasteiger partial charge on any atom is -0.465 e. The van der Waals surface area contributed by atoms with Crippen molar-refractivity contribution in [2.45, 2.75) is 5.03 Å². The standard InChI is InChI=1S/C17H17N5O6S/c1-21-12-8(14(23)22(2)17(21)26)10-6(13(20-12)29-5)9(18)7(15(24)27-3)11(19-10)16(25)28-4/h1-5H3,(H2,18,19). The Balaban J connectivity index is 2.74. The van der Waals surface area contributed by atoms with Gasteiger partial charge in [0, 0.05) is 14.1 Å². The number of pyridine rings is 2. The minimum absolute atomic E-state index is 0.0179. The largest absolute Gasteiger partial charge is 0.465 e. The molecule has 0 aromatic carbocycles. The highest BCUT2D eigenvalue weighted by molar-refractivity contribution is 7.98. The zero-order valence-corrected chi connectivity index (χ0v) is 17.0. The van der Waals surface area contributed by atoms with Gasteiger partial charge in [0.2, 0.25) is 0 Å². The molecular weight excluding hydrogens is 402 g/mol. The number of aryl methyl sites for hydroxylation is 1. The van der Waals surface area contributed by atoms with Gasteiger partial charge in [-0.05, 0) is 6.26 Å². The molecule has 0 aliphatic rings. The Morgan fingerprint density at radius 1 is 1.00 bits per heavy atom. The summed E-state index contributed by atoms with van der Waals surface area (Å²) in [6.07, 6.45) is 1.71. The quantitative estimate of drug-likeness (QED) is 0.351. The first-order valence-electron chi connectivity index (χ1n) is 8.13. The van der Waals surface area contributed by atoms with Crippen LogP contribution in [0.25, 0.3) is 21.9 Å². The highest BCUT2D eigenvalue weighted by Crippen LogP contribution is 2.35. The maximum atomic E-state index is 12.9. The SMILES string of the molecule is COC(=O)c1nc2c(c(SC)nc3c2c(=O)n(C)c(=O)n3C)c(N)c1C(=O)OC. The Kier molecular flexibility index (Phi) is 5.05. The van der Waals surface area contributed by atoms with Crippen molar-refractivity contribution in [3.63, 3.8) is 0 Å². The number of nitrogens with two attached hydrogens (primary N) is 1. The summed E-state index contributed by atoms with van der Waals surface area (Å²) in [6, 6.07) is 0. The molecule has 29 heavy (non-hydrogen) atoms. The average Bonchev–Trinajstić information content (AvgIpc) is 2.73. The normalized spacial score (nSPS) is 11.1. The third kappa shape index (κ3) is 2.83. The van der Waals surface area contributed by atoms with Crippen molar-refractivity contribution in [2.75, 3.05) is 26.2 Å². The lowest BCUT2D eigenvalue weighted by Gasteiger charge is -2.16. The van der Waals surface area contributed by atoms with Gasteiger partial charge in [0.1, 0.15) is 16.0 Å². The maximum absolute atomic E-state index is 12.9. The Labute approximate surface area is 167 Å². The minimum atomic E-state index is -0.934. The molecule has 0 saturated carbocycles. The van der Waals surface area contributed by atoms with Gasteiger partial charge in [-0.3, -0.25) is 13.9 Å². The van der Waals surface area contributed by atoms with E-state index in [9.17, 15) is 19.2 Å². The summed E-state index contributed by atoms with van der Waals surface area (Å²) in [6.45, 7) is 0. The number of esters is 2. The molecular formula is C17H17N5O6S. The number of fused-ring (bicyclic) bond motifs is 3. The fourth-order valence-electron chi connectivity index (χ4n) is 3.03. The summed E-state index contributed by atoms with van der Waals surface area (Å²) in [4.78, 5) is 58.4. The van der Waals surface area contributed by atoms with Gasteiger partial charge in [0.05, 0.1) is 30.8 Å². The molecule has 0 radical (unpaired) electrons. The van der Waals surface area contributed by atoms with Gasteiger partial charge in [-0.25, -0.2) is 24.4 Å². The first-order chi connectivity index (χ1) is 13.7. The molecule has 0 spiro atoms. The first-order valence-corrected chi connectivity index (χ1v) is 9.35. The van der Waals surface area contributed by atoms with Crippen molar-refractivity contribution in [3.05, 3.63) is 32.1 Å². The molecule has 12 heteroatoms. The van der Waals surface area contributed by atoms with Crippen LogP contribution in [-0.2, 0) is 23.6 Å². The maximum Gasteiger partial charge on any atom is 0.357 e. The van der Waals surface area contributed by atoms with Crippen LogP contribution < -0.4 is 17.0 Å². The van der Waals surface area contributed by atoms with Crippen LogP contribution >= 0.6 is 11.8 Å². The van der Waals surface area contributed by atoms with Crippen LogP contribution in [0.5, 0.6) is 0 Å². The number of anilines is 1. The van der Waals surface area contributed by atoms with E-state index < -0.39 is 28.9 Å². The monoisotopic (exact) mass is 419 g/mol. The number of rotatable bonds is 3. The van der Waals surface area contributed by atoms with Gasteiger partial charge in [-0.2, -0.15) is 0 Å². The fourth-order valence-corrected chi connectivity index (χ4v) is 3.61. The van der Waals surface area contributed by atoms with Crippen molar-refractivity contribution in [1.82, 2.24) is 19.1 Å². The number of nitrogens with zero attached hydrogens (tertiary/aromatic N) is 4. The molecule has 0 fully saturated rings. The Morgan fingerprint density at radius 2 is 1.62 bits per heavy atom. The van der Waals surface area contributed by atoms with Gasteiger partial charge in [-0.15, -0.1) is 11.8 Å². The molecule has 11 nitrogen and oxygen atoms in total. The van der Waals surface area contributed by atoms with Crippen molar-refractivity contribution < 1.29 is 19.1 Å². The lowest BCUT2D eigenvalue weighted by atomic mass is 10.1.